The molecule has 1 aliphatic carbocycles. The van der Waals surface area contributed by atoms with Gasteiger partial charge in [0, 0.05) is 6.04 Å². The summed E-state index contributed by atoms with van der Waals surface area (Å²) in [5, 5.41) is 13.1. The van der Waals surface area contributed by atoms with Gasteiger partial charge in [0.1, 0.15) is 5.60 Å². The molecule has 2 fully saturated rings. The molecule has 2 rings (SSSR count). The van der Waals surface area contributed by atoms with Crippen molar-refractivity contribution in [3.8, 4) is 0 Å². The Bertz CT molecular complexity index is 247. The fourth-order valence-corrected chi connectivity index (χ4v) is 3.16. The van der Waals surface area contributed by atoms with Gasteiger partial charge in [0.05, 0.1) is 0 Å². The van der Waals surface area contributed by atoms with Gasteiger partial charge in [-0.1, -0.05) is 0 Å². The van der Waals surface area contributed by atoms with Gasteiger partial charge in [-0.15, -0.1) is 0 Å². The van der Waals surface area contributed by atoms with E-state index in [0.717, 1.165) is 11.5 Å². The second kappa shape index (κ2) is 4.34. The van der Waals surface area contributed by atoms with Gasteiger partial charge in [0.25, 0.3) is 5.91 Å². The lowest BCUT2D eigenvalue weighted by molar-refractivity contribution is -0.141. The van der Waals surface area contributed by atoms with Crippen LogP contribution < -0.4 is 5.32 Å². The summed E-state index contributed by atoms with van der Waals surface area (Å²) in [6.45, 7) is 2.04. The third kappa shape index (κ3) is 2.67. The monoisotopic (exact) mass is 229 g/mol. The van der Waals surface area contributed by atoms with Crippen LogP contribution in [-0.4, -0.2) is 34.2 Å². The van der Waals surface area contributed by atoms with Gasteiger partial charge in [-0.3, -0.25) is 4.79 Å². The zero-order valence-electron chi connectivity index (χ0n) is 9.16. The predicted octanol–water partition coefficient (Wildman–Crippen LogP) is 1.16. The van der Waals surface area contributed by atoms with Crippen LogP contribution in [0.3, 0.4) is 0 Å². The zero-order valence-corrected chi connectivity index (χ0v) is 9.98. The van der Waals surface area contributed by atoms with Crippen LogP contribution in [0.25, 0.3) is 0 Å². The van der Waals surface area contributed by atoms with Crippen LogP contribution in [0.4, 0.5) is 0 Å². The van der Waals surface area contributed by atoms with Gasteiger partial charge in [0.2, 0.25) is 0 Å². The largest absolute Gasteiger partial charge is 0.380 e. The fourth-order valence-electron chi connectivity index (χ4n) is 1.99. The summed E-state index contributed by atoms with van der Waals surface area (Å²) in [5.74, 6) is 2.28. The van der Waals surface area contributed by atoms with Crippen molar-refractivity contribution in [1.29, 1.82) is 0 Å². The molecule has 1 amide bonds. The number of hydrogen-bond acceptors (Lipinski definition) is 3. The van der Waals surface area contributed by atoms with E-state index in [1.54, 1.807) is 0 Å². The van der Waals surface area contributed by atoms with E-state index in [4.69, 9.17) is 0 Å². The summed E-state index contributed by atoms with van der Waals surface area (Å²) in [5.41, 5.74) is -1.09. The summed E-state index contributed by atoms with van der Waals surface area (Å²) in [7, 11) is 0. The molecular formula is C11H19NO2S. The molecule has 0 aromatic rings. The van der Waals surface area contributed by atoms with Crippen molar-refractivity contribution in [2.45, 2.75) is 44.2 Å². The van der Waals surface area contributed by atoms with E-state index >= 15 is 0 Å². The first kappa shape index (κ1) is 11.3. The van der Waals surface area contributed by atoms with E-state index in [1.807, 2.05) is 18.7 Å². The highest BCUT2D eigenvalue weighted by molar-refractivity contribution is 7.99. The maximum Gasteiger partial charge on any atom is 0.252 e. The minimum atomic E-state index is -1.09. The van der Waals surface area contributed by atoms with Crippen molar-refractivity contribution in [3.05, 3.63) is 0 Å². The van der Waals surface area contributed by atoms with Crippen LogP contribution >= 0.6 is 11.8 Å². The first-order valence-electron chi connectivity index (χ1n) is 5.73. The molecule has 0 radical (unpaired) electrons. The highest BCUT2D eigenvalue weighted by atomic mass is 32.2. The maximum absolute atomic E-state index is 11.9. The number of carbonyl (C=O) groups excluding carboxylic acids is 1. The van der Waals surface area contributed by atoms with E-state index in [-0.39, 0.29) is 11.9 Å². The van der Waals surface area contributed by atoms with Gasteiger partial charge in [0.15, 0.2) is 0 Å². The van der Waals surface area contributed by atoms with Gasteiger partial charge >= 0.3 is 0 Å². The van der Waals surface area contributed by atoms with E-state index in [0.29, 0.717) is 18.8 Å². The predicted molar refractivity (Wildman–Crippen MR) is 61.8 cm³/mol. The Labute approximate surface area is 95.0 Å². The molecule has 1 unspecified atom stereocenters. The van der Waals surface area contributed by atoms with E-state index in [1.165, 1.54) is 12.8 Å². The van der Waals surface area contributed by atoms with Crippen LogP contribution in [-0.2, 0) is 4.79 Å². The minimum Gasteiger partial charge on any atom is -0.380 e. The third-order valence-corrected chi connectivity index (χ3v) is 4.42. The molecule has 4 heteroatoms. The van der Waals surface area contributed by atoms with Crippen LogP contribution in [0.2, 0.25) is 0 Å². The molecule has 15 heavy (non-hydrogen) atoms. The highest BCUT2D eigenvalue weighted by Crippen LogP contribution is 2.33. The molecule has 0 aromatic heterocycles. The van der Waals surface area contributed by atoms with Crippen LogP contribution in [0, 0.1) is 5.92 Å². The van der Waals surface area contributed by atoms with Gasteiger partial charge in [-0.05, 0) is 50.0 Å². The molecule has 1 heterocycles. The number of aliphatic hydroxyl groups is 1. The molecular weight excluding hydrogens is 210 g/mol. The Morgan fingerprint density at radius 2 is 2.07 bits per heavy atom. The molecule has 86 valence electrons. The number of thioether (sulfide) groups is 1. The number of amides is 1. The average molecular weight is 229 g/mol. The number of nitrogens with one attached hydrogen (secondary N) is 1. The van der Waals surface area contributed by atoms with Gasteiger partial charge in [-0.25, -0.2) is 0 Å². The summed E-state index contributed by atoms with van der Waals surface area (Å²) in [4.78, 5) is 11.9. The smallest absolute Gasteiger partial charge is 0.252 e. The summed E-state index contributed by atoms with van der Waals surface area (Å²) >= 11 is 1.81. The zero-order chi connectivity index (χ0) is 10.9. The van der Waals surface area contributed by atoms with Crippen molar-refractivity contribution < 1.29 is 9.90 Å². The lowest BCUT2D eigenvalue weighted by Crippen LogP contribution is -2.51. The average Bonchev–Trinajstić information content (AvgIpc) is 3.01. The standard InChI is InChI=1S/C11H19NO2S/c1-8(9-2-3-9)12-10(13)11(14)4-6-15-7-5-11/h8-9,14H,2-7H2,1H3,(H,12,13). The SMILES string of the molecule is CC(NC(=O)C1(O)CCSCC1)C1CC1. The number of hydrogen-bond donors (Lipinski definition) is 2. The topological polar surface area (TPSA) is 49.3 Å². The minimum absolute atomic E-state index is 0.151. The third-order valence-electron chi connectivity index (χ3n) is 3.43. The van der Waals surface area contributed by atoms with Crippen molar-refractivity contribution in [1.82, 2.24) is 5.32 Å². The van der Waals surface area contributed by atoms with E-state index in [9.17, 15) is 9.90 Å². The van der Waals surface area contributed by atoms with Crippen molar-refractivity contribution in [2.75, 3.05) is 11.5 Å². The molecule has 0 spiro atoms. The van der Waals surface area contributed by atoms with Crippen molar-refractivity contribution >= 4 is 17.7 Å². The van der Waals surface area contributed by atoms with Gasteiger partial charge < -0.3 is 10.4 Å². The molecule has 0 aromatic carbocycles. The quantitative estimate of drug-likeness (QED) is 0.763. The lowest BCUT2D eigenvalue weighted by Gasteiger charge is -2.31. The maximum atomic E-state index is 11.9. The second-order valence-corrected chi connectivity index (χ2v) is 5.97. The molecule has 1 saturated carbocycles. The summed E-state index contributed by atoms with van der Waals surface area (Å²) in [6.07, 6.45) is 3.63. The van der Waals surface area contributed by atoms with Crippen LogP contribution in [0.15, 0.2) is 0 Å². The summed E-state index contributed by atoms with van der Waals surface area (Å²) < 4.78 is 0. The Morgan fingerprint density at radius 3 is 2.60 bits per heavy atom. The van der Waals surface area contributed by atoms with Gasteiger partial charge in [-0.2, -0.15) is 11.8 Å². The Morgan fingerprint density at radius 1 is 1.47 bits per heavy atom. The van der Waals surface area contributed by atoms with E-state index in [2.05, 4.69) is 5.32 Å². The first-order chi connectivity index (χ1) is 7.12. The van der Waals surface area contributed by atoms with Crippen molar-refractivity contribution in [3.63, 3.8) is 0 Å². The van der Waals surface area contributed by atoms with E-state index < -0.39 is 5.60 Å². The van der Waals surface area contributed by atoms with Crippen LogP contribution in [0.5, 0.6) is 0 Å². The number of carbonyl (C=O) groups is 1. The number of rotatable bonds is 3. The fraction of sp³-hybridized carbons (Fsp3) is 0.909. The molecule has 1 saturated heterocycles. The lowest BCUT2D eigenvalue weighted by atomic mass is 9.95. The molecule has 2 N–H and O–H groups in total. The Kier molecular flexibility index (Phi) is 3.26. The molecule has 0 bridgehead atoms. The molecule has 2 aliphatic rings. The summed E-state index contributed by atoms with van der Waals surface area (Å²) in [6, 6.07) is 0.233. The second-order valence-electron chi connectivity index (χ2n) is 4.74. The molecule has 3 nitrogen and oxygen atoms in total. The Hall–Kier alpha value is -0.220. The van der Waals surface area contributed by atoms with Crippen molar-refractivity contribution in [2.24, 2.45) is 5.92 Å². The Balaban J connectivity index is 1.87. The van der Waals surface area contributed by atoms with Crippen LogP contribution in [0.1, 0.15) is 32.6 Å². The normalized spacial score (nSPS) is 27.1. The first-order valence-corrected chi connectivity index (χ1v) is 6.88. The molecule has 1 aliphatic heterocycles. The molecule has 1 atom stereocenters. The highest BCUT2D eigenvalue weighted by Gasteiger charge is 2.39.